The number of hydrogen-bond donors (Lipinski definition) is 1. The van der Waals surface area contributed by atoms with Gasteiger partial charge in [-0.3, -0.25) is 0 Å². The van der Waals surface area contributed by atoms with E-state index >= 15 is 0 Å². The molecule has 15 heavy (non-hydrogen) atoms. The number of nitrogens with zero attached hydrogens (tertiary/aromatic N) is 3. The average molecular weight is 221 g/mol. The summed E-state index contributed by atoms with van der Waals surface area (Å²) in [5, 5.41) is 12.6. The fraction of sp³-hybridized carbons (Fsp3) is 0.300. The molecule has 1 N–H and O–H groups in total. The van der Waals surface area contributed by atoms with Crippen LogP contribution in [0.1, 0.15) is 22.5 Å². The molecule has 2 rings (SSSR count). The Bertz CT molecular complexity index is 413. The third kappa shape index (κ3) is 2.57. The van der Waals surface area contributed by atoms with Crippen LogP contribution in [-0.2, 0) is 6.42 Å². The van der Waals surface area contributed by atoms with Crippen LogP contribution in [0.3, 0.4) is 0 Å². The van der Waals surface area contributed by atoms with E-state index in [1.165, 1.54) is 11.3 Å². The van der Waals surface area contributed by atoms with Crippen LogP contribution in [0.15, 0.2) is 24.0 Å². The zero-order valence-electron chi connectivity index (χ0n) is 8.29. The second-order valence-corrected chi connectivity index (χ2v) is 4.24. The topological polar surface area (TPSA) is 58.9 Å². The number of thiazole rings is 1. The predicted octanol–water partition coefficient (Wildman–Crippen LogP) is 1.52. The maximum Gasteiger partial charge on any atom is 0.157 e. The van der Waals surface area contributed by atoms with Gasteiger partial charge in [-0.2, -0.15) is 0 Å². The number of aryl methyl sites for hydroxylation is 1. The first-order valence-corrected chi connectivity index (χ1v) is 5.48. The summed E-state index contributed by atoms with van der Waals surface area (Å²) in [5.41, 5.74) is 0.986. The second kappa shape index (κ2) is 4.46. The minimum atomic E-state index is -0.670. The molecular formula is C10H11N3OS. The van der Waals surface area contributed by atoms with Crippen LogP contribution in [0.2, 0.25) is 0 Å². The third-order valence-electron chi connectivity index (χ3n) is 1.95. The molecule has 0 aliphatic heterocycles. The number of aromatic nitrogens is 3. The van der Waals surface area contributed by atoms with Crippen molar-refractivity contribution in [3.8, 4) is 0 Å². The van der Waals surface area contributed by atoms with Crippen LogP contribution in [0.5, 0.6) is 0 Å². The first-order chi connectivity index (χ1) is 7.25. The summed E-state index contributed by atoms with van der Waals surface area (Å²) >= 11 is 1.52. The fourth-order valence-electron chi connectivity index (χ4n) is 1.19. The van der Waals surface area contributed by atoms with E-state index in [9.17, 15) is 5.11 Å². The summed E-state index contributed by atoms with van der Waals surface area (Å²) in [6.07, 6.45) is 4.93. The van der Waals surface area contributed by atoms with Crippen molar-refractivity contribution in [3.05, 3.63) is 40.4 Å². The van der Waals surface area contributed by atoms with Crippen LogP contribution in [0.4, 0.5) is 0 Å². The molecule has 5 heteroatoms. The van der Waals surface area contributed by atoms with Crippen molar-refractivity contribution in [2.45, 2.75) is 19.4 Å². The van der Waals surface area contributed by atoms with Gasteiger partial charge in [-0.15, -0.1) is 11.3 Å². The van der Waals surface area contributed by atoms with Gasteiger partial charge >= 0.3 is 0 Å². The molecule has 0 aliphatic carbocycles. The van der Waals surface area contributed by atoms with Crippen LogP contribution in [-0.4, -0.2) is 20.1 Å². The lowest BCUT2D eigenvalue weighted by Crippen LogP contribution is -2.06. The highest BCUT2D eigenvalue weighted by molar-refractivity contribution is 7.09. The Balaban J connectivity index is 2.08. The molecule has 4 nitrogen and oxygen atoms in total. The largest absolute Gasteiger partial charge is 0.385 e. The molecular weight excluding hydrogens is 210 g/mol. The molecule has 2 aromatic rings. The normalized spacial score (nSPS) is 12.7. The van der Waals surface area contributed by atoms with E-state index in [1.54, 1.807) is 18.6 Å². The molecule has 0 spiro atoms. The van der Waals surface area contributed by atoms with E-state index in [1.807, 2.05) is 12.3 Å². The van der Waals surface area contributed by atoms with Gasteiger partial charge in [-0.25, -0.2) is 15.0 Å². The zero-order valence-corrected chi connectivity index (χ0v) is 9.11. The summed E-state index contributed by atoms with van der Waals surface area (Å²) in [7, 11) is 0. The Labute approximate surface area is 91.7 Å². The summed E-state index contributed by atoms with van der Waals surface area (Å²) in [6, 6.07) is 0. The van der Waals surface area contributed by atoms with Gasteiger partial charge in [0, 0.05) is 30.4 Å². The van der Waals surface area contributed by atoms with Crippen molar-refractivity contribution < 1.29 is 5.11 Å². The van der Waals surface area contributed by atoms with Gasteiger partial charge in [0.2, 0.25) is 0 Å². The highest BCUT2D eigenvalue weighted by Gasteiger charge is 2.12. The van der Waals surface area contributed by atoms with Crippen molar-refractivity contribution in [1.82, 2.24) is 15.0 Å². The van der Waals surface area contributed by atoms with Crippen LogP contribution in [0.25, 0.3) is 0 Å². The van der Waals surface area contributed by atoms with E-state index in [2.05, 4.69) is 15.0 Å². The molecule has 78 valence electrons. The van der Waals surface area contributed by atoms with Gasteiger partial charge in [0.25, 0.3) is 0 Å². The molecule has 1 atom stereocenters. The molecule has 2 aromatic heterocycles. The highest BCUT2D eigenvalue weighted by Crippen LogP contribution is 2.15. The molecule has 0 aromatic carbocycles. The standard InChI is InChI=1S/C10H11N3OS/c1-7-5-12-10(13-6-7)8(14)4-9-11-2-3-15-9/h2-3,5-6,8,14H,4H2,1H3. The SMILES string of the molecule is Cc1cnc(C(O)Cc2nccs2)nc1. The lowest BCUT2D eigenvalue weighted by atomic mass is 10.2. The molecule has 0 saturated heterocycles. The maximum absolute atomic E-state index is 9.82. The van der Waals surface area contributed by atoms with Gasteiger partial charge < -0.3 is 5.11 Å². The minimum absolute atomic E-state index is 0.454. The zero-order chi connectivity index (χ0) is 10.7. The van der Waals surface area contributed by atoms with Crippen LogP contribution in [0, 0.1) is 6.92 Å². The van der Waals surface area contributed by atoms with E-state index in [-0.39, 0.29) is 0 Å². The van der Waals surface area contributed by atoms with Crippen molar-refractivity contribution >= 4 is 11.3 Å². The quantitative estimate of drug-likeness (QED) is 0.853. The van der Waals surface area contributed by atoms with Gasteiger partial charge in [0.1, 0.15) is 6.10 Å². The van der Waals surface area contributed by atoms with E-state index in [0.717, 1.165) is 10.6 Å². The lowest BCUT2D eigenvalue weighted by molar-refractivity contribution is 0.168. The molecule has 2 heterocycles. The summed E-state index contributed by atoms with van der Waals surface area (Å²) < 4.78 is 0. The Morgan fingerprint density at radius 3 is 2.67 bits per heavy atom. The Hall–Kier alpha value is -1.33. The third-order valence-corrected chi connectivity index (χ3v) is 2.75. The highest BCUT2D eigenvalue weighted by atomic mass is 32.1. The van der Waals surface area contributed by atoms with Crippen molar-refractivity contribution in [3.63, 3.8) is 0 Å². The van der Waals surface area contributed by atoms with Crippen LogP contribution < -0.4 is 0 Å². The van der Waals surface area contributed by atoms with Crippen molar-refractivity contribution in [2.24, 2.45) is 0 Å². The Kier molecular flexibility index (Phi) is 3.03. The van der Waals surface area contributed by atoms with E-state index in [4.69, 9.17) is 0 Å². The number of hydrogen-bond acceptors (Lipinski definition) is 5. The van der Waals surface area contributed by atoms with Crippen LogP contribution >= 0.6 is 11.3 Å². The smallest absolute Gasteiger partial charge is 0.157 e. The molecule has 0 aliphatic rings. The van der Waals surface area contributed by atoms with Gasteiger partial charge in [0.15, 0.2) is 5.82 Å². The first-order valence-electron chi connectivity index (χ1n) is 4.60. The van der Waals surface area contributed by atoms with E-state index < -0.39 is 6.10 Å². The van der Waals surface area contributed by atoms with Crippen molar-refractivity contribution in [2.75, 3.05) is 0 Å². The maximum atomic E-state index is 9.82. The molecule has 1 unspecified atom stereocenters. The van der Waals surface area contributed by atoms with E-state index in [0.29, 0.717) is 12.2 Å². The Morgan fingerprint density at radius 2 is 2.07 bits per heavy atom. The average Bonchev–Trinajstić information content (AvgIpc) is 2.71. The summed E-state index contributed by atoms with van der Waals surface area (Å²) in [5.74, 6) is 0.454. The van der Waals surface area contributed by atoms with Gasteiger partial charge in [-0.1, -0.05) is 0 Å². The predicted molar refractivity (Wildman–Crippen MR) is 57.5 cm³/mol. The van der Waals surface area contributed by atoms with Gasteiger partial charge in [-0.05, 0) is 12.5 Å². The summed E-state index contributed by atoms with van der Waals surface area (Å²) in [6.45, 7) is 1.91. The number of aliphatic hydroxyl groups is 1. The van der Waals surface area contributed by atoms with Gasteiger partial charge in [0.05, 0.1) is 5.01 Å². The lowest BCUT2D eigenvalue weighted by Gasteiger charge is -2.06. The Morgan fingerprint density at radius 1 is 1.33 bits per heavy atom. The monoisotopic (exact) mass is 221 g/mol. The fourth-order valence-corrected chi connectivity index (χ4v) is 1.84. The first kappa shape index (κ1) is 10.2. The minimum Gasteiger partial charge on any atom is -0.385 e. The van der Waals surface area contributed by atoms with Crippen molar-refractivity contribution in [1.29, 1.82) is 0 Å². The second-order valence-electron chi connectivity index (χ2n) is 3.26. The molecule has 0 amide bonds. The summed E-state index contributed by atoms with van der Waals surface area (Å²) in [4.78, 5) is 12.3. The molecule has 0 bridgehead atoms. The molecule has 0 fully saturated rings. The number of aliphatic hydroxyl groups excluding tert-OH is 1. The molecule has 0 radical (unpaired) electrons. The molecule has 0 saturated carbocycles. The number of rotatable bonds is 3.